The molecule has 0 heterocycles. The standard InChI is InChI=1S/C18H31BrN2/c1-5-7-8-12-21(15(3)4)17-10-9-16(18(19)13-17)14-20-11-6-2/h9-10,13,15,20H,5-8,11-12,14H2,1-4H3. The van der Waals surface area contributed by atoms with Crippen LogP contribution < -0.4 is 10.2 Å². The summed E-state index contributed by atoms with van der Waals surface area (Å²) in [6, 6.07) is 7.32. The Labute approximate surface area is 139 Å². The van der Waals surface area contributed by atoms with E-state index in [4.69, 9.17) is 0 Å². The molecule has 1 rings (SSSR count). The van der Waals surface area contributed by atoms with Crippen LogP contribution in [0.2, 0.25) is 0 Å². The van der Waals surface area contributed by atoms with E-state index >= 15 is 0 Å². The summed E-state index contributed by atoms with van der Waals surface area (Å²) in [4.78, 5) is 2.50. The average Bonchev–Trinajstić information content (AvgIpc) is 2.45. The zero-order chi connectivity index (χ0) is 15.7. The normalized spacial score (nSPS) is 11.1. The summed E-state index contributed by atoms with van der Waals surface area (Å²) in [5, 5.41) is 3.46. The molecule has 0 saturated carbocycles. The second kappa shape index (κ2) is 10.2. The van der Waals surface area contributed by atoms with Gasteiger partial charge in [-0.15, -0.1) is 0 Å². The molecule has 21 heavy (non-hydrogen) atoms. The minimum atomic E-state index is 0.540. The molecular formula is C18H31BrN2. The summed E-state index contributed by atoms with van der Waals surface area (Å²) in [5.41, 5.74) is 2.66. The lowest BCUT2D eigenvalue weighted by Gasteiger charge is -2.29. The van der Waals surface area contributed by atoms with Crippen molar-refractivity contribution in [2.75, 3.05) is 18.0 Å². The van der Waals surface area contributed by atoms with Crippen LogP contribution in [0.3, 0.4) is 0 Å². The van der Waals surface area contributed by atoms with Crippen LogP contribution in [-0.4, -0.2) is 19.1 Å². The Balaban J connectivity index is 2.73. The fourth-order valence-corrected chi connectivity index (χ4v) is 2.98. The van der Waals surface area contributed by atoms with Crippen LogP contribution in [-0.2, 0) is 6.54 Å². The third-order valence-electron chi connectivity index (χ3n) is 3.74. The van der Waals surface area contributed by atoms with Crippen molar-refractivity contribution < 1.29 is 0 Å². The van der Waals surface area contributed by atoms with Crippen LogP contribution >= 0.6 is 15.9 Å². The maximum atomic E-state index is 3.73. The van der Waals surface area contributed by atoms with Crippen LogP contribution in [0.4, 0.5) is 5.69 Å². The van der Waals surface area contributed by atoms with E-state index in [1.165, 1.54) is 41.4 Å². The molecule has 0 amide bonds. The fraction of sp³-hybridized carbons (Fsp3) is 0.667. The molecule has 0 aliphatic rings. The minimum absolute atomic E-state index is 0.540. The zero-order valence-electron chi connectivity index (χ0n) is 14.1. The van der Waals surface area contributed by atoms with Crippen molar-refractivity contribution in [3.05, 3.63) is 28.2 Å². The average molecular weight is 355 g/mol. The molecule has 3 heteroatoms. The van der Waals surface area contributed by atoms with E-state index in [9.17, 15) is 0 Å². The topological polar surface area (TPSA) is 15.3 Å². The SMILES string of the molecule is CCCCCN(c1ccc(CNCCC)c(Br)c1)C(C)C. The van der Waals surface area contributed by atoms with Gasteiger partial charge in [-0.05, 0) is 50.9 Å². The number of unbranched alkanes of at least 4 members (excludes halogenated alkanes) is 2. The zero-order valence-corrected chi connectivity index (χ0v) is 15.7. The predicted octanol–water partition coefficient (Wildman–Crippen LogP) is 5.35. The molecule has 0 aromatic heterocycles. The highest BCUT2D eigenvalue weighted by Crippen LogP contribution is 2.26. The van der Waals surface area contributed by atoms with Crippen LogP contribution in [0.25, 0.3) is 0 Å². The molecular weight excluding hydrogens is 324 g/mol. The number of anilines is 1. The molecule has 1 aromatic rings. The molecule has 0 aliphatic carbocycles. The highest BCUT2D eigenvalue weighted by molar-refractivity contribution is 9.10. The molecule has 120 valence electrons. The highest BCUT2D eigenvalue weighted by atomic mass is 79.9. The number of nitrogens with zero attached hydrogens (tertiary/aromatic N) is 1. The summed E-state index contributed by atoms with van der Waals surface area (Å²) < 4.78 is 1.21. The number of benzene rings is 1. The summed E-state index contributed by atoms with van der Waals surface area (Å²) in [7, 11) is 0. The van der Waals surface area contributed by atoms with E-state index in [1.807, 2.05) is 0 Å². The van der Waals surface area contributed by atoms with Crippen LogP contribution in [0, 0.1) is 0 Å². The van der Waals surface area contributed by atoms with E-state index in [0.717, 1.165) is 19.6 Å². The van der Waals surface area contributed by atoms with E-state index in [2.05, 4.69) is 72.0 Å². The van der Waals surface area contributed by atoms with E-state index in [0.29, 0.717) is 6.04 Å². The Morgan fingerprint density at radius 2 is 1.90 bits per heavy atom. The summed E-state index contributed by atoms with van der Waals surface area (Å²) in [6.07, 6.45) is 5.03. The van der Waals surface area contributed by atoms with Gasteiger partial charge in [0.05, 0.1) is 0 Å². The van der Waals surface area contributed by atoms with E-state index < -0.39 is 0 Å². The van der Waals surface area contributed by atoms with Gasteiger partial charge in [-0.2, -0.15) is 0 Å². The molecule has 2 nitrogen and oxygen atoms in total. The quantitative estimate of drug-likeness (QED) is 0.569. The Kier molecular flexibility index (Phi) is 9.02. The maximum Gasteiger partial charge on any atom is 0.0380 e. The predicted molar refractivity (Wildman–Crippen MR) is 98.1 cm³/mol. The smallest absolute Gasteiger partial charge is 0.0380 e. The van der Waals surface area contributed by atoms with Gasteiger partial charge in [0.1, 0.15) is 0 Å². The molecule has 0 fully saturated rings. The van der Waals surface area contributed by atoms with Crippen molar-refractivity contribution in [1.82, 2.24) is 5.32 Å². The first-order valence-corrected chi connectivity index (χ1v) is 9.15. The van der Waals surface area contributed by atoms with Gasteiger partial charge in [-0.25, -0.2) is 0 Å². The van der Waals surface area contributed by atoms with Crippen molar-refractivity contribution >= 4 is 21.6 Å². The molecule has 0 atom stereocenters. The van der Waals surface area contributed by atoms with Crippen LogP contribution in [0.1, 0.15) is 58.9 Å². The molecule has 0 bridgehead atoms. The maximum absolute atomic E-state index is 3.73. The third kappa shape index (κ3) is 6.39. The number of halogens is 1. The number of rotatable bonds is 10. The first kappa shape index (κ1) is 18.5. The second-order valence-electron chi connectivity index (χ2n) is 5.95. The lowest BCUT2D eigenvalue weighted by molar-refractivity contribution is 0.625. The lowest BCUT2D eigenvalue weighted by Crippen LogP contribution is -2.31. The number of hydrogen-bond donors (Lipinski definition) is 1. The van der Waals surface area contributed by atoms with Gasteiger partial charge >= 0.3 is 0 Å². The molecule has 1 N–H and O–H groups in total. The molecule has 0 unspecified atom stereocenters. The van der Waals surface area contributed by atoms with Gasteiger partial charge in [0.15, 0.2) is 0 Å². The Hall–Kier alpha value is -0.540. The van der Waals surface area contributed by atoms with Crippen LogP contribution in [0.15, 0.2) is 22.7 Å². The van der Waals surface area contributed by atoms with E-state index in [-0.39, 0.29) is 0 Å². The van der Waals surface area contributed by atoms with Crippen molar-refractivity contribution in [2.24, 2.45) is 0 Å². The number of hydrogen-bond acceptors (Lipinski definition) is 2. The van der Waals surface area contributed by atoms with Gasteiger partial charge < -0.3 is 10.2 Å². The monoisotopic (exact) mass is 354 g/mol. The van der Waals surface area contributed by atoms with Crippen LogP contribution in [0.5, 0.6) is 0 Å². The third-order valence-corrected chi connectivity index (χ3v) is 4.47. The summed E-state index contributed by atoms with van der Waals surface area (Å²) in [6.45, 7) is 12.2. The second-order valence-corrected chi connectivity index (χ2v) is 6.80. The van der Waals surface area contributed by atoms with Crippen molar-refractivity contribution in [2.45, 2.75) is 66.0 Å². The summed E-state index contributed by atoms with van der Waals surface area (Å²) in [5.74, 6) is 0. The van der Waals surface area contributed by atoms with Crippen molar-refractivity contribution in [1.29, 1.82) is 0 Å². The van der Waals surface area contributed by atoms with Gasteiger partial charge in [0, 0.05) is 29.3 Å². The van der Waals surface area contributed by atoms with Crippen molar-refractivity contribution in [3.8, 4) is 0 Å². The number of nitrogens with one attached hydrogen (secondary N) is 1. The van der Waals surface area contributed by atoms with Gasteiger partial charge in [-0.3, -0.25) is 0 Å². The molecule has 0 radical (unpaired) electrons. The highest BCUT2D eigenvalue weighted by Gasteiger charge is 2.11. The lowest BCUT2D eigenvalue weighted by atomic mass is 10.1. The summed E-state index contributed by atoms with van der Waals surface area (Å²) >= 11 is 3.73. The first-order chi connectivity index (χ1) is 10.1. The minimum Gasteiger partial charge on any atom is -0.369 e. The van der Waals surface area contributed by atoms with Crippen molar-refractivity contribution in [3.63, 3.8) is 0 Å². The van der Waals surface area contributed by atoms with E-state index in [1.54, 1.807) is 0 Å². The fourth-order valence-electron chi connectivity index (χ4n) is 2.48. The van der Waals surface area contributed by atoms with Gasteiger partial charge in [-0.1, -0.05) is 48.7 Å². The van der Waals surface area contributed by atoms with Gasteiger partial charge in [0.2, 0.25) is 0 Å². The molecule has 0 spiro atoms. The first-order valence-electron chi connectivity index (χ1n) is 8.35. The largest absolute Gasteiger partial charge is 0.369 e. The van der Waals surface area contributed by atoms with Gasteiger partial charge in [0.25, 0.3) is 0 Å². The Morgan fingerprint density at radius 3 is 2.48 bits per heavy atom. The molecule has 0 aliphatic heterocycles. The Morgan fingerprint density at radius 1 is 1.14 bits per heavy atom. The molecule has 0 saturated heterocycles. The molecule has 1 aromatic carbocycles. The Bertz CT molecular complexity index is 404.